The van der Waals surface area contributed by atoms with Gasteiger partial charge in [-0.1, -0.05) is 42.5 Å². The van der Waals surface area contributed by atoms with E-state index in [-0.39, 0.29) is 18.9 Å². The monoisotopic (exact) mass is 590 g/mol. The number of aryl methyl sites for hydroxylation is 1. The van der Waals surface area contributed by atoms with Crippen LogP contribution in [0.5, 0.6) is 5.75 Å². The zero-order valence-electron chi connectivity index (χ0n) is 24.1. The van der Waals surface area contributed by atoms with Crippen LogP contribution in [0.1, 0.15) is 47.9 Å². The van der Waals surface area contributed by atoms with Crippen molar-refractivity contribution in [2.45, 2.75) is 58.6 Å². The van der Waals surface area contributed by atoms with Crippen LogP contribution < -0.4 is 15.0 Å². The number of carboxylic acid groups (broad SMARTS) is 1. The van der Waals surface area contributed by atoms with Crippen LogP contribution >= 0.6 is 12.6 Å². The molecule has 0 radical (unpaired) electrons. The molecule has 1 aliphatic rings. The van der Waals surface area contributed by atoms with E-state index < -0.39 is 18.1 Å². The molecule has 0 aromatic heterocycles. The fourth-order valence-electron chi connectivity index (χ4n) is 5.12. The Morgan fingerprint density at radius 2 is 1.86 bits per heavy atom. The van der Waals surface area contributed by atoms with Crippen molar-refractivity contribution in [1.82, 2.24) is 5.32 Å². The van der Waals surface area contributed by atoms with E-state index in [2.05, 4.69) is 30.9 Å². The van der Waals surface area contributed by atoms with Crippen molar-refractivity contribution in [2.75, 3.05) is 23.8 Å². The number of benzene rings is 3. The van der Waals surface area contributed by atoms with E-state index in [4.69, 9.17) is 9.47 Å². The normalized spacial score (nSPS) is 13.2. The maximum Gasteiger partial charge on any atom is 0.408 e. The standard InChI is InChI=1S/C33H38N2O6S/c1-22-8-3-14-30(23(22)2)40-18-7-15-31(36)35-17-6-12-27-26(11-5-13-29(27)35)25-10-4-9-24(20-25)21-41-33(39)34-28(16-19-42)32(37)38/h3-5,8-11,13-14,20,28,42H,6-7,12,15-19,21H2,1-2H3,(H,34,39)(H,37,38). The first-order valence-corrected chi connectivity index (χ1v) is 14.9. The summed E-state index contributed by atoms with van der Waals surface area (Å²) < 4.78 is 11.2. The summed E-state index contributed by atoms with van der Waals surface area (Å²) in [6.07, 6.45) is 2.17. The highest BCUT2D eigenvalue weighted by Crippen LogP contribution is 2.36. The van der Waals surface area contributed by atoms with Crippen LogP contribution in [0, 0.1) is 13.8 Å². The number of carbonyl (C=O) groups is 3. The number of ether oxygens (including phenoxy) is 2. The molecule has 3 aromatic rings. The molecule has 0 spiro atoms. The van der Waals surface area contributed by atoms with E-state index in [9.17, 15) is 19.5 Å². The van der Waals surface area contributed by atoms with Crippen molar-refractivity contribution in [3.63, 3.8) is 0 Å². The highest BCUT2D eigenvalue weighted by molar-refractivity contribution is 7.80. The lowest BCUT2D eigenvalue weighted by Crippen LogP contribution is -2.41. The number of aliphatic carboxylic acids is 1. The molecule has 1 heterocycles. The van der Waals surface area contributed by atoms with Gasteiger partial charge < -0.3 is 24.8 Å². The summed E-state index contributed by atoms with van der Waals surface area (Å²) in [4.78, 5) is 38.6. The SMILES string of the molecule is Cc1cccc(OCCCC(=O)N2CCCc3c(-c4cccc(COC(=O)NC(CCS)C(=O)O)c4)cccc32)c1C. The number of amides is 2. The second-order valence-electron chi connectivity index (χ2n) is 10.4. The summed E-state index contributed by atoms with van der Waals surface area (Å²) in [5.41, 5.74) is 7.13. The van der Waals surface area contributed by atoms with Gasteiger partial charge in [-0.15, -0.1) is 0 Å². The molecule has 2 N–H and O–H groups in total. The lowest BCUT2D eigenvalue weighted by molar-refractivity contribution is -0.139. The van der Waals surface area contributed by atoms with Crippen molar-refractivity contribution < 1.29 is 29.0 Å². The first-order valence-electron chi connectivity index (χ1n) is 14.3. The zero-order valence-corrected chi connectivity index (χ0v) is 25.0. The molecule has 1 aliphatic heterocycles. The summed E-state index contributed by atoms with van der Waals surface area (Å²) in [5, 5.41) is 11.6. The lowest BCUT2D eigenvalue weighted by atomic mass is 9.91. The average Bonchev–Trinajstić information content (AvgIpc) is 2.99. The van der Waals surface area contributed by atoms with E-state index in [1.54, 1.807) is 0 Å². The van der Waals surface area contributed by atoms with Gasteiger partial charge in [0.1, 0.15) is 18.4 Å². The quantitative estimate of drug-likeness (QED) is 0.174. The fraction of sp³-hybridized carbons (Fsp3) is 0.364. The molecule has 2 amide bonds. The number of anilines is 1. The molecule has 0 saturated heterocycles. The molecule has 1 atom stereocenters. The van der Waals surface area contributed by atoms with Crippen molar-refractivity contribution in [3.8, 4) is 16.9 Å². The number of alkyl carbamates (subject to hydrolysis) is 1. The number of fused-ring (bicyclic) bond motifs is 1. The van der Waals surface area contributed by atoms with Gasteiger partial charge in [0.05, 0.1) is 6.61 Å². The number of nitrogens with zero attached hydrogens (tertiary/aromatic N) is 1. The molecule has 0 aliphatic carbocycles. The molecule has 0 saturated carbocycles. The number of hydrogen-bond acceptors (Lipinski definition) is 6. The minimum atomic E-state index is -1.13. The Bertz CT molecular complexity index is 1430. The van der Waals surface area contributed by atoms with Crippen molar-refractivity contribution >= 4 is 36.3 Å². The summed E-state index contributed by atoms with van der Waals surface area (Å²) in [6, 6.07) is 18.7. The smallest absolute Gasteiger partial charge is 0.408 e. The molecule has 0 fully saturated rings. The van der Waals surface area contributed by atoms with Crippen LogP contribution in [-0.4, -0.2) is 48.0 Å². The Hall–Kier alpha value is -3.98. The van der Waals surface area contributed by atoms with E-state index in [1.165, 1.54) is 5.56 Å². The van der Waals surface area contributed by atoms with E-state index >= 15 is 0 Å². The average molecular weight is 591 g/mol. The molecule has 42 heavy (non-hydrogen) atoms. The van der Waals surface area contributed by atoms with Crippen LogP contribution in [0.4, 0.5) is 10.5 Å². The first kappa shape index (κ1) is 31.0. The molecule has 3 aromatic carbocycles. The van der Waals surface area contributed by atoms with Crippen LogP contribution in [0.15, 0.2) is 60.7 Å². The summed E-state index contributed by atoms with van der Waals surface area (Å²) in [6.45, 7) is 5.26. The minimum absolute atomic E-state index is 0.00331. The third-order valence-electron chi connectivity index (χ3n) is 7.51. The van der Waals surface area contributed by atoms with E-state index in [0.717, 1.165) is 52.1 Å². The Balaban J connectivity index is 1.39. The summed E-state index contributed by atoms with van der Waals surface area (Å²) in [7, 11) is 0. The van der Waals surface area contributed by atoms with Crippen molar-refractivity contribution in [1.29, 1.82) is 0 Å². The highest BCUT2D eigenvalue weighted by atomic mass is 32.1. The molecular weight excluding hydrogens is 552 g/mol. The highest BCUT2D eigenvalue weighted by Gasteiger charge is 2.25. The molecule has 8 nitrogen and oxygen atoms in total. The van der Waals surface area contributed by atoms with E-state index in [0.29, 0.717) is 31.7 Å². The predicted molar refractivity (Wildman–Crippen MR) is 166 cm³/mol. The van der Waals surface area contributed by atoms with Gasteiger partial charge in [-0.25, -0.2) is 9.59 Å². The topological polar surface area (TPSA) is 105 Å². The van der Waals surface area contributed by atoms with Gasteiger partial charge in [0.2, 0.25) is 5.91 Å². The number of rotatable bonds is 12. The number of nitrogens with one attached hydrogen (secondary N) is 1. The van der Waals surface area contributed by atoms with Gasteiger partial charge in [-0.3, -0.25) is 4.79 Å². The lowest BCUT2D eigenvalue weighted by Gasteiger charge is -2.31. The number of carboxylic acids is 1. The molecule has 4 rings (SSSR count). The number of thiol groups is 1. The van der Waals surface area contributed by atoms with Crippen LogP contribution in [0.2, 0.25) is 0 Å². The Kier molecular flexibility index (Phi) is 10.9. The Labute approximate surface area is 252 Å². The number of carbonyl (C=O) groups excluding carboxylic acids is 2. The molecule has 1 unspecified atom stereocenters. The van der Waals surface area contributed by atoms with Crippen molar-refractivity contribution in [2.24, 2.45) is 0 Å². The summed E-state index contributed by atoms with van der Waals surface area (Å²) in [5.74, 6) is 0.145. The van der Waals surface area contributed by atoms with Crippen LogP contribution in [0.25, 0.3) is 11.1 Å². The second kappa shape index (κ2) is 14.8. The van der Waals surface area contributed by atoms with Gasteiger partial charge in [0.25, 0.3) is 0 Å². The Morgan fingerprint density at radius 1 is 1.07 bits per heavy atom. The Morgan fingerprint density at radius 3 is 2.64 bits per heavy atom. The largest absolute Gasteiger partial charge is 0.493 e. The predicted octanol–water partition coefficient (Wildman–Crippen LogP) is 6.11. The molecule has 222 valence electrons. The van der Waals surface area contributed by atoms with Gasteiger partial charge in [0, 0.05) is 18.7 Å². The maximum absolute atomic E-state index is 13.3. The fourth-order valence-corrected chi connectivity index (χ4v) is 5.38. The van der Waals surface area contributed by atoms with Crippen LogP contribution in [-0.2, 0) is 27.4 Å². The molecule has 9 heteroatoms. The molecule has 0 bridgehead atoms. The van der Waals surface area contributed by atoms with E-state index in [1.807, 2.05) is 66.4 Å². The number of hydrogen-bond donors (Lipinski definition) is 3. The summed E-state index contributed by atoms with van der Waals surface area (Å²) >= 11 is 4.04. The minimum Gasteiger partial charge on any atom is -0.493 e. The third-order valence-corrected chi connectivity index (χ3v) is 7.77. The third kappa shape index (κ3) is 7.85. The van der Waals surface area contributed by atoms with Crippen molar-refractivity contribution in [3.05, 3.63) is 82.9 Å². The van der Waals surface area contributed by atoms with Gasteiger partial charge >= 0.3 is 12.1 Å². The van der Waals surface area contributed by atoms with Crippen LogP contribution in [0.3, 0.4) is 0 Å². The van der Waals surface area contributed by atoms with Gasteiger partial charge in [-0.05, 0) is 96.9 Å². The van der Waals surface area contributed by atoms with Gasteiger partial charge in [-0.2, -0.15) is 12.6 Å². The van der Waals surface area contributed by atoms with Gasteiger partial charge in [0.15, 0.2) is 0 Å². The second-order valence-corrected chi connectivity index (χ2v) is 10.9. The molecular formula is C33H38N2O6S. The maximum atomic E-state index is 13.3. The first-order chi connectivity index (χ1) is 20.3. The zero-order chi connectivity index (χ0) is 30.1.